The molecule has 0 spiro atoms. The van der Waals surface area contributed by atoms with E-state index in [1.807, 2.05) is 0 Å². The highest BCUT2D eigenvalue weighted by atomic mass is 32.2. The fourth-order valence-electron chi connectivity index (χ4n) is 4.03. The van der Waals surface area contributed by atoms with Crippen LogP contribution in [0.5, 0.6) is 0 Å². The van der Waals surface area contributed by atoms with E-state index in [1.54, 1.807) is 0 Å². The van der Waals surface area contributed by atoms with E-state index in [9.17, 15) is 13.0 Å². The third-order valence-electron chi connectivity index (χ3n) is 5.51. The van der Waals surface area contributed by atoms with Crippen LogP contribution < -0.4 is 0 Å². The maximum Gasteiger partial charge on any atom is 0.172 e. The molecule has 184 valence electrons. The number of benzene rings is 3. The third kappa shape index (κ3) is 9.65. The first-order chi connectivity index (χ1) is 16.2. The zero-order valence-corrected chi connectivity index (χ0v) is 22.6. The summed E-state index contributed by atoms with van der Waals surface area (Å²) in [6, 6.07) is 26.3. The Bertz CT molecular complexity index is 1030. The normalized spacial score (nSPS) is 11.2. The number of hydrogen-bond donors (Lipinski definition) is 0. The largest absolute Gasteiger partial charge is 0.748 e. The van der Waals surface area contributed by atoms with Gasteiger partial charge in [-0.2, -0.15) is 0 Å². The monoisotopic (exact) mass is 498 g/mol. The Labute approximate surface area is 209 Å². The van der Waals surface area contributed by atoms with E-state index in [4.69, 9.17) is 0 Å². The Hall–Kier alpha value is -2.08. The zero-order valence-electron chi connectivity index (χ0n) is 20.9. The van der Waals surface area contributed by atoms with Crippen molar-refractivity contribution in [2.45, 2.75) is 80.9 Å². The van der Waals surface area contributed by atoms with Crippen LogP contribution in [0.15, 0.2) is 87.5 Å². The van der Waals surface area contributed by atoms with Crippen molar-refractivity contribution < 1.29 is 13.0 Å². The molecule has 0 aliphatic heterocycles. The Morgan fingerprint density at radius 2 is 1.15 bits per heavy atom. The molecule has 0 atom stereocenters. The number of unbranched alkanes of at least 4 members (excludes halogenated alkanes) is 5. The minimum Gasteiger partial charge on any atom is -0.748 e. The van der Waals surface area contributed by atoms with Gasteiger partial charge in [-0.1, -0.05) is 93.1 Å². The van der Waals surface area contributed by atoms with Crippen molar-refractivity contribution in [2.75, 3.05) is 5.75 Å². The molecule has 3 rings (SSSR count). The van der Waals surface area contributed by atoms with E-state index in [2.05, 4.69) is 100 Å². The van der Waals surface area contributed by atoms with E-state index in [1.165, 1.54) is 44.2 Å². The van der Waals surface area contributed by atoms with Crippen LogP contribution in [0.3, 0.4) is 0 Å². The average molecular weight is 499 g/mol. The summed E-state index contributed by atoms with van der Waals surface area (Å²) in [5.41, 5.74) is 4.10. The van der Waals surface area contributed by atoms with Gasteiger partial charge in [-0.3, -0.25) is 0 Å². The van der Waals surface area contributed by atoms with E-state index in [0.717, 1.165) is 19.3 Å². The standard InChI is InChI=1S/C21H21S.C8H18O3S/c1-16-14-17(2)21(18(3)15-16)22(19-10-6-4-7-11-19)20-12-8-5-9-13-20;1-2-3-4-5-6-7-8-12(9,10)11/h4-15H,1-3H3;2-8H2,1H3,(H,9,10,11)/q+1;/p-1. The second-order valence-electron chi connectivity index (χ2n) is 8.69. The first-order valence-electron chi connectivity index (χ1n) is 12.1. The molecule has 0 saturated carbocycles. The van der Waals surface area contributed by atoms with Gasteiger partial charge in [0.2, 0.25) is 0 Å². The maximum atomic E-state index is 10.2. The van der Waals surface area contributed by atoms with Gasteiger partial charge in [-0.25, -0.2) is 8.42 Å². The van der Waals surface area contributed by atoms with Gasteiger partial charge >= 0.3 is 0 Å². The SMILES string of the molecule is CCCCCCCCS(=O)(=O)[O-].Cc1cc(C)c([S+](c2ccccc2)c2ccccc2)c(C)c1. The summed E-state index contributed by atoms with van der Waals surface area (Å²) >= 11 is 0. The van der Waals surface area contributed by atoms with Gasteiger partial charge < -0.3 is 4.55 Å². The fraction of sp³-hybridized carbons (Fsp3) is 0.379. The molecule has 0 saturated heterocycles. The van der Waals surface area contributed by atoms with Crippen LogP contribution >= 0.6 is 0 Å². The van der Waals surface area contributed by atoms with Crippen LogP contribution in [-0.4, -0.2) is 18.7 Å². The fourth-order valence-corrected chi connectivity index (χ4v) is 6.95. The summed E-state index contributed by atoms with van der Waals surface area (Å²) in [6.07, 6.45) is 5.96. The molecular formula is C29H38O3S2. The molecule has 0 bridgehead atoms. The topological polar surface area (TPSA) is 57.2 Å². The molecule has 0 amide bonds. The smallest absolute Gasteiger partial charge is 0.172 e. The number of hydrogen-bond acceptors (Lipinski definition) is 3. The second-order valence-corrected chi connectivity index (χ2v) is 12.2. The molecule has 3 aromatic rings. The summed E-state index contributed by atoms with van der Waals surface area (Å²) < 4.78 is 30.5. The molecule has 0 fully saturated rings. The predicted molar refractivity (Wildman–Crippen MR) is 144 cm³/mol. The van der Waals surface area contributed by atoms with Gasteiger partial charge in [-0.05, 0) is 51.5 Å². The van der Waals surface area contributed by atoms with Crippen LogP contribution in [0.25, 0.3) is 0 Å². The van der Waals surface area contributed by atoms with Gasteiger partial charge in [0.15, 0.2) is 14.7 Å². The molecule has 5 heteroatoms. The minimum absolute atomic E-state index is 0.0460. The summed E-state index contributed by atoms with van der Waals surface area (Å²) in [6.45, 7) is 8.78. The number of rotatable bonds is 10. The summed E-state index contributed by atoms with van der Waals surface area (Å²) in [4.78, 5) is 4.22. The van der Waals surface area contributed by atoms with Crippen LogP contribution in [0.4, 0.5) is 0 Å². The highest BCUT2D eigenvalue weighted by molar-refractivity contribution is 7.97. The van der Waals surface area contributed by atoms with E-state index < -0.39 is 10.1 Å². The van der Waals surface area contributed by atoms with Gasteiger partial charge in [0.25, 0.3) is 0 Å². The molecular weight excluding hydrogens is 460 g/mol. The molecule has 0 radical (unpaired) electrons. The zero-order chi connectivity index (χ0) is 25.0. The minimum atomic E-state index is -3.97. The van der Waals surface area contributed by atoms with Gasteiger partial charge in [-0.15, -0.1) is 0 Å². The van der Waals surface area contributed by atoms with Crippen molar-refractivity contribution in [3.63, 3.8) is 0 Å². The van der Waals surface area contributed by atoms with Crippen molar-refractivity contribution in [3.05, 3.63) is 89.5 Å². The molecule has 0 aliphatic carbocycles. The molecule has 34 heavy (non-hydrogen) atoms. The Morgan fingerprint density at radius 3 is 1.59 bits per heavy atom. The van der Waals surface area contributed by atoms with Crippen LogP contribution in [0, 0.1) is 20.8 Å². The lowest BCUT2D eigenvalue weighted by Gasteiger charge is -2.13. The second kappa shape index (κ2) is 14.3. The first kappa shape index (κ1) is 28.2. The van der Waals surface area contributed by atoms with Crippen molar-refractivity contribution >= 4 is 21.0 Å². The summed E-state index contributed by atoms with van der Waals surface area (Å²) in [7, 11) is -4.01. The number of aryl methyl sites for hydroxylation is 3. The molecule has 3 nitrogen and oxygen atoms in total. The third-order valence-corrected chi connectivity index (χ3v) is 8.84. The lowest BCUT2D eigenvalue weighted by molar-refractivity contribution is 0.459. The van der Waals surface area contributed by atoms with Gasteiger partial charge in [0, 0.05) is 16.9 Å². The van der Waals surface area contributed by atoms with Crippen molar-refractivity contribution in [3.8, 4) is 0 Å². The maximum absolute atomic E-state index is 10.2. The van der Waals surface area contributed by atoms with Crippen LogP contribution in [-0.2, 0) is 21.0 Å². The molecule has 0 aromatic heterocycles. The molecule has 0 heterocycles. The van der Waals surface area contributed by atoms with Crippen molar-refractivity contribution in [1.29, 1.82) is 0 Å². The Kier molecular flexibility index (Phi) is 11.9. The van der Waals surface area contributed by atoms with E-state index in [-0.39, 0.29) is 16.6 Å². The van der Waals surface area contributed by atoms with Crippen LogP contribution in [0.2, 0.25) is 0 Å². The van der Waals surface area contributed by atoms with Gasteiger partial charge in [0.1, 0.15) is 0 Å². The van der Waals surface area contributed by atoms with Crippen molar-refractivity contribution in [1.82, 2.24) is 0 Å². The van der Waals surface area contributed by atoms with E-state index in [0.29, 0.717) is 6.42 Å². The van der Waals surface area contributed by atoms with Gasteiger partial charge in [0.05, 0.1) is 21.0 Å². The predicted octanol–water partition coefficient (Wildman–Crippen LogP) is 7.60. The van der Waals surface area contributed by atoms with Crippen LogP contribution in [0.1, 0.15) is 62.1 Å². The lowest BCUT2D eigenvalue weighted by atomic mass is 10.1. The first-order valence-corrected chi connectivity index (χ1v) is 14.9. The average Bonchev–Trinajstić information content (AvgIpc) is 2.79. The molecule has 3 aromatic carbocycles. The highest BCUT2D eigenvalue weighted by Gasteiger charge is 2.31. The molecule has 0 unspecified atom stereocenters. The summed E-state index contributed by atoms with van der Waals surface area (Å²) in [5.74, 6) is -0.195. The quantitative estimate of drug-likeness (QED) is 0.164. The molecule has 0 aliphatic rings. The van der Waals surface area contributed by atoms with Crippen molar-refractivity contribution in [2.24, 2.45) is 0 Å². The Morgan fingerprint density at radius 1 is 0.706 bits per heavy atom. The van der Waals surface area contributed by atoms with E-state index >= 15 is 0 Å². The summed E-state index contributed by atoms with van der Waals surface area (Å²) in [5, 5.41) is 0. The highest BCUT2D eigenvalue weighted by Crippen LogP contribution is 2.35. The molecule has 0 N–H and O–H groups in total. The lowest BCUT2D eigenvalue weighted by Crippen LogP contribution is -2.08. The Balaban J connectivity index is 0.000000292.